The first-order chi connectivity index (χ1) is 15.9. The van der Waals surface area contributed by atoms with Crippen LogP contribution in [0.1, 0.15) is 56.9 Å². The molecule has 1 aromatic carbocycles. The van der Waals surface area contributed by atoms with Crippen LogP contribution in [-0.2, 0) is 4.74 Å². The molecule has 184 valence electrons. The quantitative estimate of drug-likeness (QED) is 0.681. The van der Waals surface area contributed by atoms with Gasteiger partial charge in [0, 0.05) is 25.3 Å². The van der Waals surface area contributed by atoms with Gasteiger partial charge in [-0.25, -0.2) is 14.0 Å². The molecule has 0 unspecified atom stereocenters. The molecule has 34 heavy (non-hydrogen) atoms. The second-order valence-corrected chi connectivity index (χ2v) is 10.1. The van der Waals surface area contributed by atoms with Crippen LogP contribution >= 0.6 is 0 Å². The van der Waals surface area contributed by atoms with Crippen molar-refractivity contribution in [1.82, 2.24) is 9.88 Å². The number of carboxylic acids is 1. The molecule has 2 aliphatic rings. The summed E-state index contributed by atoms with van der Waals surface area (Å²) >= 11 is 0. The van der Waals surface area contributed by atoms with Crippen molar-refractivity contribution in [2.24, 2.45) is 5.92 Å². The monoisotopic (exact) mass is 475 g/mol. The minimum absolute atomic E-state index is 0.00710. The molecule has 1 saturated heterocycles. The van der Waals surface area contributed by atoms with Gasteiger partial charge < -0.3 is 29.4 Å². The minimum atomic E-state index is -1.35. The summed E-state index contributed by atoms with van der Waals surface area (Å²) in [6, 6.07) is 0.835. The predicted octanol–water partition coefficient (Wildman–Crippen LogP) is 3.53. The molecule has 9 nitrogen and oxygen atoms in total. The first-order valence-corrected chi connectivity index (χ1v) is 11.3. The van der Waals surface area contributed by atoms with Crippen molar-refractivity contribution in [3.63, 3.8) is 0 Å². The molecule has 2 heterocycles. The Labute approximate surface area is 196 Å². The number of pyridine rings is 1. The number of nitrogens with zero attached hydrogens (tertiary/aromatic N) is 2. The zero-order valence-corrected chi connectivity index (χ0v) is 20.0. The van der Waals surface area contributed by atoms with Gasteiger partial charge in [-0.15, -0.1) is 0 Å². The number of hydrogen-bond acceptors (Lipinski definition) is 6. The van der Waals surface area contributed by atoms with Gasteiger partial charge in [-0.2, -0.15) is 0 Å². The van der Waals surface area contributed by atoms with Gasteiger partial charge in [0.25, 0.3) is 0 Å². The number of fused-ring (bicyclic) bond motifs is 1. The molecule has 1 aliphatic carbocycles. The zero-order chi connectivity index (χ0) is 24.9. The minimum Gasteiger partial charge on any atom is -0.492 e. The van der Waals surface area contributed by atoms with Crippen LogP contribution in [0, 0.1) is 11.7 Å². The first kappa shape index (κ1) is 23.8. The number of anilines is 1. The third-order valence-corrected chi connectivity index (χ3v) is 6.20. The number of carboxylic acid groups (broad SMARTS) is 1. The molecule has 0 radical (unpaired) electrons. The molecule has 1 amide bonds. The fraction of sp³-hybridized carbons (Fsp3) is 0.542. The second-order valence-electron chi connectivity index (χ2n) is 10.1. The second kappa shape index (κ2) is 8.48. The van der Waals surface area contributed by atoms with Crippen LogP contribution < -0.4 is 20.4 Å². The topological polar surface area (TPSA) is 110 Å². The molecule has 1 saturated carbocycles. The SMILES string of the molecule is COc1c(N2C[C@@H](C)[C@H](NC(=O)OC(C)(C)C)C2)c(F)cc2c(=O)c(C(=O)O)cn(C3CC3)c12. The fourth-order valence-electron chi connectivity index (χ4n) is 4.52. The van der Waals surface area contributed by atoms with Crippen LogP contribution in [0.3, 0.4) is 0 Å². The molecular formula is C24H30FN3O6. The number of ether oxygens (including phenoxy) is 2. The molecule has 1 aromatic heterocycles. The number of benzene rings is 1. The molecule has 2 atom stereocenters. The average molecular weight is 476 g/mol. The van der Waals surface area contributed by atoms with Gasteiger partial charge >= 0.3 is 12.1 Å². The molecule has 2 fully saturated rings. The van der Waals surface area contributed by atoms with Crippen molar-refractivity contribution in [2.75, 3.05) is 25.1 Å². The largest absolute Gasteiger partial charge is 0.492 e. The number of aromatic nitrogens is 1. The number of nitrogens with one attached hydrogen (secondary N) is 1. The Kier molecular flexibility index (Phi) is 5.95. The van der Waals surface area contributed by atoms with Gasteiger partial charge in [-0.3, -0.25) is 4.79 Å². The summed E-state index contributed by atoms with van der Waals surface area (Å²) in [6.07, 6.45) is 2.44. The van der Waals surface area contributed by atoms with E-state index in [1.165, 1.54) is 13.3 Å². The van der Waals surface area contributed by atoms with Crippen LogP contribution in [-0.4, -0.2) is 53.6 Å². The number of halogens is 1. The van der Waals surface area contributed by atoms with Crippen LogP contribution in [0.2, 0.25) is 0 Å². The summed E-state index contributed by atoms with van der Waals surface area (Å²) in [5.41, 5.74) is -1.21. The van der Waals surface area contributed by atoms with E-state index >= 15 is 4.39 Å². The average Bonchev–Trinajstić information content (AvgIpc) is 3.50. The van der Waals surface area contributed by atoms with E-state index in [9.17, 15) is 19.5 Å². The van der Waals surface area contributed by atoms with Gasteiger partial charge in [0.05, 0.1) is 24.1 Å². The third-order valence-electron chi connectivity index (χ3n) is 6.20. The molecule has 10 heteroatoms. The Morgan fingerprint density at radius 2 is 1.91 bits per heavy atom. The highest BCUT2D eigenvalue weighted by molar-refractivity contribution is 5.97. The van der Waals surface area contributed by atoms with Crippen LogP contribution in [0.4, 0.5) is 14.9 Å². The van der Waals surface area contributed by atoms with E-state index in [1.54, 1.807) is 30.2 Å². The smallest absolute Gasteiger partial charge is 0.407 e. The lowest BCUT2D eigenvalue weighted by molar-refractivity contribution is 0.0499. The summed E-state index contributed by atoms with van der Waals surface area (Å²) in [4.78, 5) is 38.6. The molecule has 1 aliphatic heterocycles. The van der Waals surface area contributed by atoms with E-state index in [1.807, 2.05) is 6.92 Å². The summed E-state index contributed by atoms with van der Waals surface area (Å²) in [5, 5.41) is 12.3. The number of methoxy groups -OCH3 is 1. The van der Waals surface area contributed by atoms with E-state index in [4.69, 9.17) is 9.47 Å². The van der Waals surface area contributed by atoms with E-state index in [0.717, 1.165) is 18.9 Å². The molecule has 0 spiro atoms. The summed E-state index contributed by atoms with van der Waals surface area (Å²) in [6.45, 7) is 8.05. The van der Waals surface area contributed by atoms with Crippen molar-refractivity contribution >= 4 is 28.7 Å². The van der Waals surface area contributed by atoms with Crippen LogP contribution in [0.15, 0.2) is 17.1 Å². The van der Waals surface area contributed by atoms with Crippen molar-refractivity contribution in [3.8, 4) is 5.75 Å². The summed E-state index contributed by atoms with van der Waals surface area (Å²) < 4.78 is 28.2. The lowest BCUT2D eigenvalue weighted by Crippen LogP contribution is -2.42. The number of carbonyl (C=O) groups is 2. The normalized spacial score (nSPS) is 20.5. The fourth-order valence-corrected chi connectivity index (χ4v) is 4.52. The maximum atomic E-state index is 15.5. The highest BCUT2D eigenvalue weighted by Crippen LogP contribution is 2.44. The van der Waals surface area contributed by atoms with Crippen molar-refractivity contribution in [1.29, 1.82) is 0 Å². The highest BCUT2D eigenvalue weighted by atomic mass is 19.1. The number of rotatable bonds is 5. The van der Waals surface area contributed by atoms with Gasteiger partial charge in [0.2, 0.25) is 5.43 Å². The number of amides is 1. The van der Waals surface area contributed by atoms with Crippen molar-refractivity contribution < 1.29 is 28.6 Å². The summed E-state index contributed by atoms with van der Waals surface area (Å²) in [7, 11) is 1.40. The number of alkyl carbamates (subject to hydrolysis) is 1. The predicted molar refractivity (Wildman–Crippen MR) is 124 cm³/mol. The third kappa shape index (κ3) is 4.41. The van der Waals surface area contributed by atoms with Crippen molar-refractivity contribution in [2.45, 2.75) is 58.2 Å². The lowest BCUT2D eigenvalue weighted by Gasteiger charge is -2.25. The van der Waals surface area contributed by atoms with Crippen LogP contribution in [0.5, 0.6) is 5.75 Å². The molecule has 4 rings (SSSR count). The Bertz CT molecular complexity index is 1210. The van der Waals surface area contributed by atoms with Crippen LogP contribution in [0.25, 0.3) is 10.9 Å². The molecular weight excluding hydrogens is 445 g/mol. The maximum absolute atomic E-state index is 15.5. The van der Waals surface area contributed by atoms with E-state index in [-0.39, 0.29) is 34.8 Å². The summed E-state index contributed by atoms with van der Waals surface area (Å²) in [5.74, 6) is -1.86. The Morgan fingerprint density at radius 3 is 2.47 bits per heavy atom. The van der Waals surface area contributed by atoms with Gasteiger partial charge in [0.1, 0.15) is 16.9 Å². The molecule has 2 aromatic rings. The van der Waals surface area contributed by atoms with Gasteiger partial charge in [-0.1, -0.05) is 6.92 Å². The first-order valence-electron chi connectivity index (χ1n) is 11.3. The Morgan fingerprint density at radius 1 is 1.24 bits per heavy atom. The number of aromatic carboxylic acids is 1. The van der Waals surface area contributed by atoms with Gasteiger partial charge in [-0.05, 0) is 45.6 Å². The standard InChI is InChI=1S/C24H30FN3O6/c1-12-9-27(11-17(12)26-23(32)34-24(2,3)4)19-16(25)8-14-18(21(19)33-5)28(13-6-7-13)10-15(20(14)29)22(30)31/h8,10,12-13,17H,6-7,9,11H2,1-5H3,(H,26,32)(H,30,31)/t12-,17-/m1/s1. The number of carbonyl (C=O) groups excluding carboxylic acids is 1. The zero-order valence-electron chi connectivity index (χ0n) is 20.0. The van der Waals surface area contributed by atoms with E-state index in [2.05, 4.69) is 5.32 Å². The van der Waals surface area contributed by atoms with Crippen molar-refractivity contribution in [3.05, 3.63) is 33.9 Å². The van der Waals surface area contributed by atoms with Gasteiger partial charge in [0.15, 0.2) is 11.6 Å². The van der Waals surface area contributed by atoms with E-state index in [0.29, 0.717) is 18.6 Å². The van der Waals surface area contributed by atoms with E-state index < -0.39 is 34.5 Å². The lowest BCUT2D eigenvalue weighted by atomic mass is 10.1. The molecule has 2 N–H and O–H groups in total. The maximum Gasteiger partial charge on any atom is 0.407 e. The molecule has 0 bridgehead atoms. The Hall–Kier alpha value is -3.30. The highest BCUT2D eigenvalue weighted by Gasteiger charge is 2.37. The Balaban J connectivity index is 1.77. The number of hydrogen-bond donors (Lipinski definition) is 2.